The first-order chi connectivity index (χ1) is 14.2. The van der Waals surface area contributed by atoms with Gasteiger partial charge in [-0.2, -0.15) is 23.5 Å². The molecule has 4 fully saturated rings. The van der Waals surface area contributed by atoms with Gasteiger partial charge in [0.15, 0.2) is 0 Å². The Morgan fingerprint density at radius 3 is 2.83 bits per heavy atom. The Morgan fingerprint density at radius 2 is 2.17 bits per heavy atom. The number of amides is 1. The third kappa shape index (κ3) is 2.27. The van der Waals surface area contributed by atoms with Crippen molar-refractivity contribution in [3.8, 4) is 6.07 Å². The summed E-state index contributed by atoms with van der Waals surface area (Å²) in [5.74, 6) is -1.23. The molecule has 158 valence electrons. The summed E-state index contributed by atoms with van der Waals surface area (Å²) >= 11 is 0. The van der Waals surface area contributed by atoms with Crippen molar-refractivity contribution < 1.29 is 27.4 Å². The minimum atomic E-state index is -4.71. The molecule has 4 aliphatic heterocycles. The van der Waals surface area contributed by atoms with Gasteiger partial charge in [-0.15, -0.1) is 0 Å². The average molecular weight is 420 g/mol. The number of carbonyl (C=O) groups is 1. The molecule has 30 heavy (non-hydrogen) atoms. The summed E-state index contributed by atoms with van der Waals surface area (Å²) in [6.07, 6.45) is -4.46. The van der Waals surface area contributed by atoms with Crippen LogP contribution in [-0.2, 0) is 20.4 Å². The van der Waals surface area contributed by atoms with Crippen LogP contribution >= 0.6 is 0 Å². The summed E-state index contributed by atoms with van der Waals surface area (Å²) in [6.45, 7) is 2.15. The molecule has 5 atom stereocenters. The number of nitrogens with one attached hydrogen (secondary N) is 1. The van der Waals surface area contributed by atoms with Crippen molar-refractivity contribution in [2.24, 2.45) is 16.9 Å². The van der Waals surface area contributed by atoms with E-state index in [0.717, 1.165) is 17.8 Å². The molecule has 7 nitrogen and oxygen atoms in total. The highest BCUT2D eigenvalue weighted by atomic mass is 19.4. The number of nitrogens with zero attached hydrogens (tertiary/aromatic N) is 3. The molecule has 0 radical (unpaired) electrons. The van der Waals surface area contributed by atoms with Crippen LogP contribution in [0.15, 0.2) is 23.3 Å². The lowest BCUT2D eigenvalue weighted by Crippen LogP contribution is -2.55. The fourth-order valence-electron chi connectivity index (χ4n) is 5.75. The molecule has 4 aliphatic rings. The van der Waals surface area contributed by atoms with E-state index in [1.807, 2.05) is 6.92 Å². The van der Waals surface area contributed by atoms with E-state index in [2.05, 4.69) is 10.5 Å². The van der Waals surface area contributed by atoms with Crippen LogP contribution in [0.5, 0.6) is 0 Å². The van der Waals surface area contributed by atoms with Gasteiger partial charge in [0.25, 0.3) is 0 Å². The maximum atomic E-state index is 13.5. The van der Waals surface area contributed by atoms with Crippen molar-refractivity contribution in [3.63, 3.8) is 0 Å². The molecule has 0 aliphatic carbocycles. The number of hydrogen-bond donors (Lipinski definition) is 1. The molecule has 0 unspecified atom stereocenters. The van der Waals surface area contributed by atoms with Gasteiger partial charge in [-0.1, -0.05) is 0 Å². The Hall–Kier alpha value is -2.64. The van der Waals surface area contributed by atoms with E-state index >= 15 is 0 Å². The van der Waals surface area contributed by atoms with Gasteiger partial charge in [-0.05, 0) is 25.1 Å². The summed E-state index contributed by atoms with van der Waals surface area (Å²) < 4.78 is 52.8. The highest BCUT2D eigenvalue weighted by Gasteiger charge is 2.77. The van der Waals surface area contributed by atoms with Gasteiger partial charge >= 0.3 is 6.18 Å². The molecule has 0 aromatic heterocycles. The smallest absolute Gasteiger partial charge is 0.361 e. The highest BCUT2D eigenvalue weighted by Crippen LogP contribution is 2.64. The molecule has 1 spiro atoms. The van der Waals surface area contributed by atoms with Crippen molar-refractivity contribution in [2.75, 3.05) is 18.6 Å². The van der Waals surface area contributed by atoms with Crippen molar-refractivity contribution in [1.82, 2.24) is 5.43 Å². The molecule has 0 saturated carbocycles. The second kappa shape index (κ2) is 5.95. The Kier molecular flexibility index (Phi) is 3.84. The summed E-state index contributed by atoms with van der Waals surface area (Å²) in [7, 11) is 1.69. The molecule has 5 rings (SSSR count). The SMILES string of the molecule is CN/N=C1\C[C@@]2(C)O[C@@]13CCO[C@H]1[C@@H]3[C@@H]2C(=O)N1c1ccc(C#N)c(C(F)(F)F)c1. The van der Waals surface area contributed by atoms with Crippen LogP contribution in [0.25, 0.3) is 0 Å². The fourth-order valence-corrected chi connectivity index (χ4v) is 5.75. The quantitative estimate of drug-likeness (QED) is 0.743. The van der Waals surface area contributed by atoms with E-state index in [1.54, 1.807) is 13.1 Å². The molecule has 1 aromatic rings. The van der Waals surface area contributed by atoms with E-state index in [9.17, 15) is 18.0 Å². The van der Waals surface area contributed by atoms with E-state index in [1.165, 1.54) is 11.0 Å². The topological polar surface area (TPSA) is 87.0 Å². The molecule has 1 aromatic carbocycles. The number of hydrogen-bond acceptors (Lipinski definition) is 6. The monoisotopic (exact) mass is 420 g/mol. The van der Waals surface area contributed by atoms with Gasteiger partial charge in [-0.25, -0.2) is 0 Å². The molecule has 1 N–H and O–H groups in total. The lowest BCUT2D eigenvalue weighted by molar-refractivity contribution is -0.138. The van der Waals surface area contributed by atoms with Crippen LogP contribution in [0.1, 0.15) is 30.9 Å². The number of benzene rings is 1. The van der Waals surface area contributed by atoms with Crippen LogP contribution < -0.4 is 10.3 Å². The van der Waals surface area contributed by atoms with E-state index in [-0.39, 0.29) is 17.5 Å². The van der Waals surface area contributed by atoms with Crippen LogP contribution in [0.4, 0.5) is 18.9 Å². The molecular weight excluding hydrogens is 401 g/mol. The van der Waals surface area contributed by atoms with Gasteiger partial charge < -0.3 is 14.9 Å². The summed E-state index contributed by atoms with van der Waals surface area (Å²) in [5, 5.41) is 13.4. The van der Waals surface area contributed by atoms with Crippen LogP contribution in [0.2, 0.25) is 0 Å². The maximum absolute atomic E-state index is 13.5. The van der Waals surface area contributed by atoms with Crippen molar-refractivity contribution in [3.05, 3.63) is 29.3 Å². The first-order valence-corrected chi connectivity index (χ1v) is 9.66. The van der Waals surface area contributed by atoms with Gasteiger partial charge in [0.1, 0.15) is 11.8 Å². The van der Waals surface area contributed by atoms with Crippen molar-refractivity contribution >= 4 is 17.3 Å². The maximum Gasteiger partial charge on any atom is 0.417 e. The number of alkyl halides is 3. The first-order valence-electron chi connectivity index (χ1n) is 9.66. The third-order valence-electron chi connectivity index (χ3n) is 6.76. The van der Waals surface area contributed by atoms with Crippen molar-refractivity contribution in [1.29, 1.82) is 5.26 Å². The number of halogens is 3. The number of fused-ring (bicyclic) bond motifs is 2. The van der Waals surface area contributed by atoms with E-state index in [4.69, 9.17) is 14.7 Å². The number of rotatable bonds is 2. The number of anilines is 1. The van der Waals surface area contributed by atoms with Gasteiger partial charge in [0.05, 0.1) is 47.0 Å². The summed E-state index contributed by atoms with van der Waals surface area (Å²) in [4.78, 5) is 14.8. The molecular formula is C20H19F3N4O3. The predicted molar refractivity (Wildman–Crippen MR) is 98.3 cm³/mol. The molecule has 10 heteroatoms. The lowest BCUT2D eigenvalue weighted by atomic mass is 9.65. The first kappa shape index (κ1) is 19.3. The Balaban J connectivity index is 1.62. The second-order valence-corrected chi connectivity index (χ2v) is 8.33. The normalized spacial score (nSPS) is 38.1. The predicted octanol–water partition coefficient (Wildman–Crippen LogP) is 2.41. The molecule has 4 saturated heterocycles. The fraction of sp³-hybridized carbons (Fsp3) is 0.550. The summed E-state index contributed by atoms with van der Waals surface area (Å²) in [6, 6.07) is 4.89. The minimum absolute atomic E-state index is 0.0675. The highest BCUT2D eigenvalue weighted by molar-refractivity contribution is 6.06. The largest absolute Gasteiger partial charge is 0.417 e. The Bertz CT molecular complexity index is 1020. The van der Waals surface area contributed by atoms with Gasteiger partial charge in [0, 0.05) is 25.6 Å². The Labute approximate surface area is 170 Å². The Morgan fingerprint density at radius 1 is 1.40 bits per heavy atom. The number of carbonyl (C=O) groups excluding carboxylic acids is 1. The summed E-state index contributed by atoms with van der Waals surface area (Å²) in [5.41, 5.74) is 0.554. The van der Waals surface area contributed by atoms with E-state index < -0.39 is 40.7 Å². The minimum Gasteiger partial charge on any atom is -0.361 e. The van der Waals surface area contributed by atoms with Gasteiger partial charge in [-0.3, -0.25) is 9.69 Å². The molecule has 2 bridgehead atoms. The standard InChI is InChI=1S/C20H19F3N4O3/c1-18-8-13(26-25-2)19(30-18)5-6-29-17-15(19)14(18)16(28)27(17)11-4-3-10(9-24)12(7-11)20(21,22)23/h3-4,7,14-15,17,25H,5-6,8H2,1-2H3/b26-13+/t14-,15+,17+,18-,19+/m1/s1. The van der Waals surface area contributed by atoms with Crippen LogP contribution in [0.3, 0.4) is 0 Å². The second-order valence-electron chi connectivity index (χ2n) is 8.33. The molecule has 4 heterocycles. The molecule has 1 amide bonds. The lowest BCUT2D eigenvalue weighted by Gasteiger charge is -2.42. The third-order valence-corrected chi connectivity index (χ3v) is 6.76. The van der Waals surface area contributed by atoms with Crippen LogP contribution in [0, 0.1) is 23.2 Å². The van der Waals surface area contributed by atoms with Crippen LogP contribution in [-0.4, -0.2) is 42.7 Å². The zero-order valence-electron chi connectivity index (χ0n) is 16.3. The van der Waals surface area contributed by atoms with Gasteiger partial charge in [0.2, 0.25) is 5.91 Å². The number of nitriles is 1. The number of ether oxygens (including phenoxy) is 2. The van der Waals surface area contributed by atoms with E-state index in [0.29, 0.717) is 19.4 Å². The average Bonchev–Trinajstić information content (AvgIpc) is 3.25. The number of hydrazone groups is 1. The zero-order chi connectivity index (χ0) is 21.5. The zero-order valence-corrected chi connectivity index (χ0v) is 16.3. The van der Waals surface area contributed by atoms with Crippen molar-refractivity contribution in [2.45, 2.75) is 43.4 Å².